The van der Waals surface area contributed by atoms with E-state index in [-0.39, 0.29) is 0 Å². The van der Waals surface area contributed by atoms with Crippen LogP contribution >= 0.6 is 0 Å². The summed E-state index contributed by atoms with van der Waals surface area (Å²) < 4.78 is 5.08. The maximum absolute atomic E-state index is 5.08. The molecule has 96 valence electrons. The van der Waals surface area contributed by atoms with Crippen molar-refractivity contribution in [2.45, 2.75) is 20.4 Å². The van der Waals surface area contributed by atoms with Gasteiger partial charge in [0.1, 0.15) is 0 Å². The highest BCUT2D eigenvalue weighted by Crippen LogP contribution is 2.10. The van der Waals surface area contributed by atoms with E-state index in [0.29, 0.717) is 6.61 Å². The third-order valence-electron chi connectivity index (χ3n) is 2.67. The van der Waals surface area contributed by atoms with E-state index in [0.717, 1.165) is 36.8 Å². The zero-order valence-corrected chi connectivity index (χ0v) is 11.2. The number of ether oxygens (including phenoxy) is 1. The summed E-state index contributed by atoms with van der Waals surface area (Å²) in [5, 5.41) is 3.11. The van der Waals surface area contributed by atoms with Crippen LogP contribution in [0.2, 0.25) is 0 Å². The Labute approximate surface area is 103 Å². The van der Waals surface area contributed by atoms with Crippen molar-refractivity contribution in [1.29, 1.82) is 0 Å². The first-order valence-corrected chi connectivity index (χ1v) is 5.93. The molecular formula is C12H22N4O. The Bertz CT molecular complexity index is 343. The van der Waals surface area contributed by atoms with Gasteiger partial charge in [-0.05, 0) is 20.9 Å². The summed E-state index contributed by atoms with van der Waals surface area (Å²) in [6.45, 7) is 7.30. The number of nitrogens with one attached hydrogen (secondary N) is 1. The van der Waals surface area contributed by atoms with E-state index < -0.39 is 0 Å². The van der Waals surface area contributed by atoms with Crippen molar-refractivity contribution in [3.05, 3.63) is 17.5 Å². The first kappa shape index (κ1) is 13.9. The van der Waals surface area contributed by atoms with Crippen LogP contribution in [0.4, 0.5) is 5.95 Å². The van der Waals surface area contributed by atoms with Crippen LogP contribution in [0.5, 0.6) is 0 Å². The lowest BCUT2D eigenvalue weighted by Crippen LogP contribution is -2.29. The molecule has 5 heteroatoms. The zero-order chi connectivity index (χ0) is 12.7. The monoisotopic (exact) mass is 238 g/mol. The average Bonchev–Trinajstić information content (AvgIpc) is 2.33. The Kier molecular flexibility index (Phi) is 5.86. The molecule has 0 fully saturated rings. The summed E-state index contributed by atoms with van der Waals surface area (Å²) in [5.74, 6) is 0.780. The average molecular weight is 238 g/mol. The Morgan fingerprint density at radius 2 is 2.24 bits per heavy atom. The highest BCUT2D eigenvalue weighted by atomic mass is 16.5. The van der Waals surface area contributed by atoms with E-state index >= 15 is 0 Å². The van der Waals surface area contributed by atoms with Crippen molar-refractivity contribution < 1.29 is 4.74 Å². The van der Waals surface area contributed by atoms with Gasteiger partial charge in [-0.25, -0.2) is 9.97 Å². The summed E-state index contributed by atoms with van der Waals surface area (Å²) in [7, 11) is 3.63. The lowest BCUT2D eigenvalue weighted by atomic mass is 10.2. The van der Waals surface area contributed by atoms with Gasteiger partial charge in [0.15, 0.2) is 0 Å². The highest BCUT2D eigenvalue weighted by molar-refractivity contribution is 5.32. The molecule has 0 aliphatic carbocycles. The molecule has 0 radical (unpaired) electrons. The molecule has 0 bridgehead atoms. The van der Waals surface area contributed by atoms with E-state index in [1.165, 1.54) is 0 Å². The van der Waals surface area contributed by atoms with Gasteiger partial charge < -0.3 is 15.0 Å². The molecule has 1 rings (SSSR count). The molecule has 1 heterocycles. The van der Waals surface area contributed by atoms with Crippen LogP contribution in [0.25, 0.3) is 0 Å². The molecule has 0 atom stereocenters. The Morgan fingerprint density at radius 3 is 2.76 bits per heavy atom. The molecule has 0 saturated heterocycles. The van der Waals surface area contributed by atoms with Gasteiger partial charge in [-0.2, -0.15) is 0 Å². The smallest absolute Gasteiger partial charge is 0.225 e. The second kappa shape index (κ2) is 7.19. The van der Waals surface area contributed by atoms with Crippen molar-refractivity contribution in [2.24, 2.45) is 0 Å². The van der Waals surface area contributed by atoms with E-state index in [4.69, 9.17) is 4.74 Å². The molecule has 0 aromatic carbocycles. The van der Waals surface area contributed by atoms with Crippen molar-refractivity contribution in [3.8, 4) is 0 Å². The van der Waals surface area contributed by atoms with Crippen LogP contribution in [-0.4, -0.2) is 43.8 Å². The first-order chi connectivity index (χ1) is 8.22. The Hall–Kier alpha value is -1.20. The molecule has 1 aromatic heterocycles. The molecule has 0 aliphatic rings. The summed E-state index contributed by atoms with van der Waals surface area (Å²) in [4.78, 5) is 11.0. The van der Waals surface area contributed by atoms with Crippen LogP contribution in [0, 0.1) is 6.92 Å². The normalized spacial score (nSPS) is 10.6. The molecule has 0 spiro atoms. The molecular weight excluding hydrogens is 216 g/mol. The predicted molar refractivity (Wildman–Crippen MR) is 69.3 cm³/mol. The van der Waals surface area contributed by atoms with Gasteiger partial charge in [0.25, 0.3) is 0 Å². The molecule has 0 amide bonds. The quantitative estimate of drug-likeness (QED) is 0.767. The molecule has 1 aromatic rings. The third kappa shape index (κ3) is 3.94. The van der Waals surface area contributed by atoms with Gasteiger partial charge in [-0.3, -0.25) is 0 Å². The number of aromatic nitrogens is 2. The van der Waals surface area contributed by atoms with E-state index in [9.17, 15) is 0 Å². The second-order valence-corrected chi connectivity index (χ2v) is 3.88. The van der Waals surface area contributed by atoms with E-state index in [2.05, 4.69) is 27.1 Å². The molecule has 0 aliphatic heterocycles. The largest absolute Gasteiger partial charge is 0.383 e. The molecule has 0 saturated carbocycles. The summed E-state index contributed by atoms with van der Waals surface area (Å²) in [5.41, 5.74) is 2.17. The van der Waals surface area contributed by atoms with E-state index in [1.54, 1.807) is 7.11 Å². The van der Waals surface area contributed by atoms with Crippen LogP contribution in [0.3, 0.4) is 0 Å². The van der Waals surface area contributed by atoms with Crippen LogP contribution < -0.4 is 10.2 Å². The lowest BCUT2D eigenvalue weighted by Gasteiger charge is -2.21. The number of rotatable bonds is 7. The van der Waals surface area contributed by atoms with Crippen molar-refractivity contribution in [3.63, 3.8) is 0 Å². The van der Waals surface area contributed by atoms with Gasteiger partial charge in [-0.1, -0.05) is 0 Å². The van der Waals surface area contributed by atoms with E-state index in [1.807, 2.05) is 20.2 Å². The first-order valence-electron chi connectivity index (χ1n) is 5.93. The van der Waals surface area contributed by atoms with Crippen molar-refractivity contribution in [2.75, 3.05) is 38.8 Å². The number of likely N-dealkylation sites (N-methyl/N-ethyl adjacent to an activating group) is 1. The summed E-state index contributed by atoms with van der Waals surface area (Å²) in [6, 6.07) is 0. The maximum atomic E-state index is 5.08. The number of hydrogen-bond acceptors (Lipinski definition) is 5. The lowest BCUT2D eigenvalue weighted by molar-refractivity contribution is 0.205. The van der Waals surface area contributed by atoms with Gasteiger partial charge in [0, 0.05) is 44.2 Å². The minimum Gasteiger partial charge on any atom is -0.383 e. The van der Waals surface area contributed by atoms with Gasteiger partial charge in [-0.15, -0.1) is 0 Å². The van der Waals surface area contributed by atoms with Gasteiger partial charge >= 0.3 is 0 Å². The number of aryl methyl sites for hydroxylation is 1. The third-order valence-corrected chi connectivity index (χ3v) is 2.67. The summed E-state index contributed by atoms with van der Waals surface area (Å²) >= 11 is 0. The fourth-order valence-corrected chi connectivity index (χ4v) is 1.60. The van der Waals surface area contributed by atoms with Crippen molar-refractivity contribution in [1.82, 2.24) is 15.3 Å². The Morgan fingerprint density at radius 1 is 1.47 bits per heavy atom. The molecule has 5 nitrogen and oxygen atoms in total. The topological polar surface area (TPSA) is 50.3 Å². The SMILES string of the molecule is CCN(CCOC)c1ncc(CNC)c(C)n1. The molecule has 0 unspecified atom stereocenters. The van der Waals surface area contributed by atoms with Crippen LogP contribution in [0.1, 0.15) is 18.2 Å². The minimum atomic E-state index is 0.689. The number of hydrogen-bond donors (Lipinski definition) is 1. The summed E-state index contributed by atoms with van der Waals surface area (Å²) in [6.07, 6.45) is 1.89. The minimum absolute atomic E-state index is 0.689. The number of anilines is 1. The van der Waals surface area contributed by atoms with Crippen molar-refractivity contribution >= 4 is 5.95 Å². The van der Waals surface area contributed by atoms with Gasteiger partial charge in [0.05, 0.1) is 6.61 Å². The molecule has 1 N–H and O–H groups in total. The second-order valence-electron chi connectivity index (χ2n) is 3.88. The zero-order valence-electron chi connectivity index (χ0n) is 11.2. The highest BCUT2D eigenvalue weighted by Gasteiger charge is 2.09. The van der Waals surface area contributed by atoms with Gasteiger partial charge in [0.2, 0.25) is 5.95 Å². The fraction of sp³-hybridized carbons (Fsp3) is 0.667. The standard InChI is InChI=1S/C12H22N4O/c1-5-16(6-7-17-4)12-14-9-11(8-13-3)10(2)15-12/h9,13H,5-8H2,1-4H3. The Balaban J connectivity index is 2.79. The molecule has 17 heavy (non-hydrogen) atoms. The predicted octanol–water partition coefficient (Wildman–Crippen LogP) is 0.977. The maximum Gasteiger partial charge on any atom is 0.225 e. The van der Waals surface area contributed by atoms with Crippen LogP contribution in [-0.2, 0) is 11.3 Å². The van der Waals surface area contributed by atoms with Crippen LogP contribution in [0.15, 0.2) is 6.20 Å². The number of nitrogens with zero attached hydrogens (tertiary/aromatic N) is 3. The number of methoxy groups -OCH3 is 1. The fourth-order valence-electron chi connectivity index (χ4n) is 1.60.